The fourth-order valence-corrected chi connectivity index (χ4v) is 3.31. The number of hydrogen-bond donors (Lipinski definition) is 2. The van der Waals surface area contributed by atoms with E-state index in [4.69, 9.17) is 0 Å². The minimum absolute atomic E-state index is 0.292. The molecule has 1 aliphatic rings. The van der Waals surface area contributed by atoms with E-state index in [9.17, 15) is 10.2 Å². The predicted molar refractivity (Wildman–Crippen MR) is 92.1 cm³/mol. The molecule has 2 aromatic carbocycles. The molecule has 1 radical (unpaired) electrons. The lowest BCUT2D eigenvalue weighted by Gasteiger charge is -2.41. The van der Waals surface area contributed by atoms with Crippen molar-refractivity contribution in [3.05, 3.63) is 72.1 Å². The number of piperidine rings is 1. The van der Waals surface area contributed by atoms with Crippen molar-refractivity contribution in [1.29, 1.82) is 0 Å². The molecule has 3 nitrogen and oxygen atoms in total. The highest BCUT2D eigenvalue weighted by molar-refractivity contribution is 5.31. The molecule has 0 amide bonds. The number of nitrogens with zero attached hydrogens (tertiary/aromatic N) is 1. The molecule has 0 spiro atoms. The van der Waals surface area contributed by atoms with Gasteiger partial charge in [-0.15, -0.1) is 0 Å². The molecular formula is C20H24NO2. The first kappa shape index (κ1) is 16.0. The molecule has 2 aromatic rings. The van der Waals surface area contributed by atoms with Gasteiger partial charge in [0.15, 0.2) is 0 Å². The fraction of sp³-hybridized carbons (Fsp3) is 0.350. The average molecular weight is 310 g/mol. The van der Waals surface area contributed by atoms with Crippen molar-refractivity contribution in [1.82, 2.24) is 4.90 Å². The first-order chi connectivity index (χ1) is 11.1. The number of phenols is 1. The topological polar surface area (TPSA) is 43.7 Å². The lowest BCUT2D eigenvalue weighted by molar-refractivity contribution is -0.0310. The Morgan fingerprint density at radius 1 is 1.00 bits per heavy atom. The van der Waals surface area contributed by atoms with E-state index >= 15 is 0 Å². The van der Waals surface area contributed by atoms with E-state index in [-0.39, 0.29) is 0 Å². The zero-order valence-corrected chi connectivity index (χ0v) is 13.5. The standard InChI is InChI=1S/C20H24NO2/c1-16(15-17-7-9-19(22)10-8-17)21-13-11-20(23,12-14-21)18-5-3-2-4-6-18/h2-10,15-16,22-23H,11-14H2,1H3. The first-order valence-corrected chi connectivity index (χ1v) is 8.23. The summed E-state index contributed by atoms with van der Waals surface area (Å²) in [5.74, 6) is 0.292. The molecule has 0 saturated carbocycles. The van der Waals surface area contributed by atoms with Gasteiger partial charge in [-0.05, 0) is 43.0 Å². The summed E-state index contributed by atoms with van der Waals surface area (Å²) >= 11 is 0. The number of aliphatic hydroxyl groups is 1. The summed E-state index contributed by atoms with van der Waals surface area (Å²) in [7, 11) is 0. The Morgan fingerprint density at radius 3 is 2.22 bits per heavy atom. The number of hydrogen-bond acceptors (Lipinski definition) is 3. The van der Waals surface area contributed by atoms with Crippen LogP contribution in [0.25, 0.3) is 0 Å². The zero-order valence-electron chi connectivity index (χ0n) is 13.5. The lowest BCUT2D eigenvalue weighted by Crippen LogP contribution is -2.46. The van der Waals surface area contributed by atoms with Crippen LogP contribution < -0.4 is 0 Å². The van der Waals surface area contributed by atoms with Crippen LogP contribution in [-0.2, 0) is 5.60 Å². The van der Waals surface area contributed by atoms with Gasteiger partial charge in [0, 0.05) is 25.6 Å². The quantitative estimate of drug-likeness (QED) is 0.910. The molecule has 2 N–H and O–H groups in total. The third kappa shape index (κ3) is 3.74. The fourth-order valence-electron chi connectivity index (χ4n) is 3.31. The molecule has 121 valence electrons. The van der Waals surface area contributed by atoms with Gasteiger partial charge in [-0.25, -0.2) is 0 Å². The molecule has 0 aliphatic carbocycles. The van der Waals surface area contributed by atoms with Crippen molar-refractivity contribution in [2.45, 2.75) is 31.4 Å². The van der Waals surface area contributed by atoms with Crippen LogP contribution in [-0.4, -0.2) is 34.2 Å². The third-order valence-corrected chi connectivity index (χ3v) is 4.84. The van der Waals surface area contributed by atoms with Crippen LogP contribution in [0, 0.1) is 6.42 Å². The summed E-state index contributed by atoms with van der Waals surface area (Å²) in [4.78, 5) is 2.39. The SMILES string of the molecule is CC([CH]c1ccc(O)cc1)N1CCC(O)(c2ccccc2)CC1. The number of aromatic hydroxyl groups is 1. The summed E-state index contributed by atoms with van der Waals surface area (Å²) in [6.45, 7) is 3.93. The summed E-state index contributed by atoms with van der Waals surface area (Å²) < 4.78 is 0. The minimum atomic E-state index is -0.698. The monoisotopic (exact) mass is 310 g/mol. The maximum atomic E-state index is 10.9. The van der Waals surface area contributed by atoms with Crippen LogP contribution in [0.2, 0.25) is 0 Å². The van der Waals surface area contributed by atoms with E-state index in [0.29, 0.717) is 11.8 Å². The van der Waals surface area contributed by atoms with Crippen LogP contribution >= 0.6 is 0 Å². The van der Waals surface area contributed by atoms with Gasteiger partial charge in [0.25, 0.3) is 0 Å². The van der Waals surface area contributed by atoms with Crippen LogP contribution in [0.3, 0.4) is 0 Å². The Labute approximate surface area is 138 Å². The summed E-state index contributed by atoms with van der Waals surface area (Å²) in [6, 6.07) is 17.6. The second-order valence-electron chi connectivity index (χ2n) is 6.43. The molecule has 1 heterocycles. The highest BCUT2D eigenvalue weighted by Gasteiger charge is 2.34. The summed E-state index contributed by atoms with van der Waals surface area (Å²) in [6.07, 6.45) is 3.71. The molecule has 1 aliphatic heterocycles. The van der Waals surface area contributed by atoms with E-state index in [1.165, 1.54) is 0 Å². The van der Waals surface area contributed by atoms with Crippen molar-refractivity contribution in [3.8, 4) is 5.75 Å². The van der Waals surface area contributed by atoms with E-state index in [1.807, 2.05) is 42.5 Å². The molecule has 1 unspecified atom stereocenters. The summed E-state index contributed by atoms with van der Waals surface area (Å²) in [5.41, 5.74) is 1.43. The normalized spacial score (nSPS) is 19.4. The molecule has 3 rings (SSSR count). The van der Waals surface area contributed by atoms with E-state index in [1.54, 1.807) is 12.1 Å². The second-order valence-corrected chi connectivity index (χ2v) is 6.43. The van der Waals surface area contributed by atoms with E-state index < -0.39 is 5.60 Å². The van der Waals surface area contributed by atoms with Crippen molar-refractivity contribution >= 4 is 0 Å². The summed E-state index contributed by atoms with van der Waals surface area (Å²) in [5, 5.41) is 20.3. The zero-order chi connectivity index (χ0) is 16.3. The highest BCUT2D eigenvalue weighted by atomic mass is 16.3. The molecule has 1 fully saturated rings. The van der Waals surface area contributed by atoms with E-state index in [2.05, 4.69) is 18.2 Å². The van der Waals surface area contributed by atoms with Crippen molar-refractivity contribution in [2.75, 3.05) is 13.1 Å². The van der Waals surface area contributed by atoms with Gasteiger partial charge >= 0.3 is 0 Å². The van der Waals surface area contributed by atoms with Crippen LogP contribution in [0.1, 0.15) is 30.9 Å². The Hall–Kier alpha value is -1.84. The van der Waals surface area contributed by atoms with Gasteiger partial charge in [-0.2, -0.15) is 0 Å². The van der Waals surface area contributed by atoms with Crippen LogP contribution in [0.4, 0.5) is 0 Å². The molecule has 0 aromatic heterocycles. The van der Waals surface area contributed by atoms with Gasteiger partial charge in [-0.3, -0.25) is 4.90 Å². The maximum Gasteiger partial charge on any atom is 0.115 e. The van der Waals surface area contributed by atoms with Gasteiger partial charge in [0.05, 0.1) is 5.60 Å². The number of benzene rings is 2. The molecule has 1 saturated heterocycles. The molecule has 23 heavy (non-hydrogen) atoms. The number of phenolic OH excluding ortho intramolecular Hbond substituents is 1. The molecule has 3 heteroatoms. The average Bonchev–Trinajstić information content (AvgIpc) is 2.58. The van der Waals surface area contributed by atoms with Crippen molar-refractivity contribution in [3.63, 3.8) is 0 Å². The highest BCUT2D eigenvalue weighted by Crippen LogP contribution is 2.33. The van der Waals surface area contributed by atoms with Gasteiger partial charge < -0.3 is 10.2 Å². The van der Waals surface area contributed by atoms with Crippen LogP contribution in [0.15, 0.2) is 54.6 Å². The first-order valence-electron chi connectivity index (χ1n) is 8.23. The Bertz CT molecular complexity index is 616. The Morgan fingerprint density at radius 2 is 1.61 bits per heavy atom. The van der Waals surface area contributed by atoms with Gasteiger partial charge in [0.1, 0.15) is 5.75 Å². The van der Waals surface area contributed by atoms with Crippen LogP contribution in [0.5, 0.6) is 5.75 Å². The predicted octanol–water partition coefficient (Wildman–Crippen LogP) is 3.32. The van der Waals surface area contributed by atoms with Gasteiger partial charge in [-0.1, -0.05) is 42.5 Å². The number of rotatable bonds is 4. The minimum Gasteiger partial charge on any atom is -0.508 e. The largest absolute Gasteiger partial charge is 0.508 e. The Balaban J connectivity index is 1.59. The van der Waals surface area contributed by atoms with Crippen molar-refractivity contribution in [2.24, 2.45) is 0 Å². The lowest BCUT2D eigenvalue weighted by atomic mass is 9.84. The second kappa shape index (κ2) is 6.73. The van der Waals surface area contributed by atoms with Gasteiger partial charge in [0.2, 0.25) is 0 Å². The molecular weight excluding hydrogens is 286 g/mol. The molecule has 1 atom stereocenters. The molecule has 0 bridgehead atoms. The third-order valence-electron chi connectivity index (χ3n) is 4.84. The van der Waals surface area contributed by atoms with E-state index in [0.717, 1.165) is 37.1 Å². The maximum absolute atomic E-state index is 10.9. The van der Waals surface area contributed by atoms with Crippen molar-refractivity contribution < 1.29 is 10.2 Å². The Kier molecular flexibility index (Phi) is 4.69. The number of likely N-dealkylation sites (tertiary alicyclic amines) is 1. The smallest absolute Gasteiger partial charge is 0.115 e.